The molecule has 3 nitrogen and oxygen atoms in total. The Morgan fingerprint density at radius 3 is 2.53 bits per heavy atom. The molecule has 0 saturated carbocycles. The van der Waals surface area contributed by atoms with Crippen molar-refractivity contribution in [2.45, 2.75) is 34.1 Å². The normalized spacial score (nSPS) is 13.7. The van der Waals surface area contributed by atoms with E-state index < -0.39 is 11.4 Å². The van der Waals surface area contributed by atoms with Gasteiger partial charge in [-0.15, -0.1) is 0 Å². The molecule has 1 unspecified atom stereocenters. The Kier molecular flexibility index (Phi) is 5.11. The molecule has 102 valence electrons. The fourth-order valence-corrected chi connectivity index (χ4v) is 2.09. The first kappa shape index (κ1) is 15.2. The van der Waals surface area contributed by atoms with E-state index in [-0.39, 0.29) is 5.92 Å². The van der Waals surface area contributed by atoms with Gasteiger partial charge < -0.3 is 4.74 Å². The molecule has 3 heteroatoms. The lowest BCUT2D eigenvalue weighted by Gasteiger charge is -2.28. The van der Waals surface area contributed by atoms with Gasteiger partial charge in [0.05, 0.1) is 12.7 Å². The first-order valence-corrected chi connectivity index (χ1v) is 6.61. The molecule has 0 aliphatic rings. The van der Waals surface area contributed by atoms with E-state index in [1.807, 2.05) is 45.0 Å². The Bertz CT molecular complexity index is 488. The van der Waals surface area contributed by atoms with Crippen LogP contribution in [-0.2, 0) is 16.0 Å². The van der Waals surface area contributed by atoms with Gasteiger partial charge in [-0.1, -0.05) is 38.1 Å². The molecule has 0 fully saturated rings. The molecular weight excluding hydrogens is 238 g/mol. The van der Waals surface area contributed by atoms with Gasteiger partial charge in [-0.2, -0.15) is 5.26 Å². The van der Waals surface area contributed by atoms with Gasteiger partial charge in [0.2, 0.25) is 0 Å². The maximum absolute atomic E-state index is 12.2. The van der Waals surface area contributed by atoms with Crippen molar-refractivity contribution < 1.29 is 9.53 Å². The highest BCUT2D eigenvalue weighted by molar-refractivity contribution is 5.81. The molecule has 0 heterocycles. The summed E-state index contributed by atoms with van der Waals surface area (Å²) >= 11 is 0. The van der Waals surface area contributed by atoms with Crippen molar-refractivity contribution in [1.29, 1.82) is 5.26 Å². The monoisotopic (exact) mass is 259 g/mol. The van der Waals surface area contributed by atoms with E-state index in [1.54, 1.807) is 6.92 Å². The number of hydrogen-bond acceptors (Lipinski definition) is 3. The predicted molar refractivity (Wildman–Crippen MR) is 74.4 cm³/mol. The van der Waals surface area contributed by atoms with Crippen LogP contribution in [0, 0.1) is 29.6 Å². The minimum Gasteiger partial charge on any atom is -0.465 e. The number of carbonyl (C=O) groups is 1. The molecule has 0 N–H and O–H groups in total. The van der Waals surface area contributed by atoms with E-state index in [9.17, 15) is 10.1 Å². The quantitative estimate of drug-likeness (QED) is 0.762. The SMILES string of the molecule is CCOC(=O)C(C#N)(Cc1ccccc1C)C(C)C. The number of ether oxygens (including phenoxy) is 1. The van der Waals surface area contributed by atoms with Crippen molar-refractivity contribution in [2.24, 2.45) is 11.3 Å². The molecule has 0 aromatic heterocycles. The van der Waals surface area contributed by atoms with Crippen LogP contribution in [-0.4, -0.2) is 12.6 Å². The van der Waals surface area contributed by atoms with E-state index in [0.29, 0.717) is 13.0 Å². The molecule has 0 saturated heterocycles. The number of benzene rings is 1. The summed E-state index contributed by atoms with van der Waals surface area (Å²) in [5, 5.41) is 9.55. The summed E-state index contributed by atoms with van der Waals surface area (Å²) in [5.74, 6) is -0.521. The van der Waals surface area contributed by atoms with Gasteiger partial charge in [-0.3, -0.25) is 4.79 Å². The van der Waals surface area contributed by atoms with Crippen LogP contribution in [0.15, 0.2) is 24.3 Å². The molecule has 19 heavy (non-hydrogen) atoms. The number of hydrogen-bond donors (Lipinski definition) is 0. The molecule has 0 radical (unpaired) electrons. The third kappa shape index (κ3) is 3.14. The molecule has 0 aliphatic heterocycles. The minimum atomic E-state index is -1.11. The average Bonchev–Trinajstić information content (AvgIpc) is 2.38. The van der Waals surface area contributed by atoms with Gasteiger partial charge in [0.1, 0.15) is 0 Å². The Morgan fingerprint density at radius 1 is 1.42 bits per heavy atom. The number of carbonyl (C=O) groups excluding carboxylic acids is 1. The number of nitrogens with zero attached hydrogens (tertiary/aromatic N) is 1. The Balaban J connectivity index is 3.16. The number of nitriles is 1. The zero-order valence-electron chi connectivity index (χ0n) is 12.1. The van der Waals surface area contributed by atoms with Gasteiger partial charge in [0.15, 0.2) is 5.41 Å². The van der Waals surface area contributed by atoms with Crippen LogP contribution in [0.3, 0.4) is 0 Å². The Morgan fingerprint density at radius 2 is 2.05 bits per heavy atom. The van der Waals surface area contributed by atoms with Crippen molar-refractivity contribution >= 4 is 5.97 Å². The van der Waals surface area contributed by atoms with E-state index in [4.69, 9.17) is 4.74 Å². The Labute approximate surface area is 115 Å². The topological polar surface area (TPSA) is 50.1 Å². The highest BCUT2D eigenvalue weighted by Crippen LogP contribution is 2.33. The lowest BCUT2D eigenvalue weighted by molar-refractivity contribution is -0.154. The molecule has 1 rings (SSSR count). The highest BCUT2D eigenvalue weighted by atomic mass is 16.5. The summed E-state index contributed by atoms with van der Waals surface area (Å²) in [6.07, 6.45) is 0.396. The zero-order chi connectivity index (χ0) is 14.5. The van der Waals surface area contributed by atoms with Crippen molar-refractivity contribution in [2.75, 3.05) is 6.61 Å². The van der Waals surface area contributed by atoms with Gasteiger partial charge in [0.25, 0.3) is 0 Å². The lowest BCUT2D eigenvalue weighted by Crippen LogP contribution is -2.39. The van der Waals surface area contributed by atoms with Gasteiger partial charge in [-0.25, -0.2) is 0 Å². The van der Waals surface area contributed by atoms with Crippen LogP contribution in [0.1, 0.15) is 31.9 Å². The second kappa shape index (κ2) is 6.38. The molecule has 0 spiro atoms. The smallest absolute Gasteiger partial charge is 0.327 e. The van der Waals surface area contributed by atoms with Crippen LogP contribution in [0.5, 0.6) is 0 Å². The van der Waals surface area contributed by atoms with Crippen molar-refractivity contribution in [3.8, 4) is 6.07 Å². The van der Waals surface area contributed by atoms with Crippen LogP contribution < -0.4 is 0 Å². The fourth-order valence-electron chi connectivity index (χ4n) is 2.09. The lowest BCUT2D eigenvalue weighted by atomic mass is 9.73. The summed E-state index contributed by atoms with van der Waals surface area (Å²) in [6.45, 7) is 7.82. The highest BCUT2D eigenvalue weighted by Gasteiger charge is 2.43. The van der Waals surface area contributed by atoms with Crippen molar-refractivity contribution in [3.05, 3.63) is 35.4 Å². The third-order valence-corrected chi connectivity index (χ3v) is 3.56. The minimum absolute atomic E-state index is 0.101. The molecule has 1 aromatic carbocycles. The standard InChI is InChI=1S/C16H21NO2/c1-5-19-15(18)16(11-17,12(2)3)10-14-9-7-6-8-13(14)4/h6-9,12H,5,10H2,1-4H3. The van der Waals surface area contributed by atoms with Crippen molar-refractivity contribution in [3.63, 3.8) is 0 Å². The van der Waals surface area contributed by atoms with Gasteiger partial charge >= 0.3 is 5.97 Å². The van der Waals surface area contributed by atoms with Crippen molar-refractivity contribution in [1.82, 2.24) is 0 Å². The van der Waals surface area contributed by atoms with E-state index >= 15 is 0 Å². The van der Waals surface area contributed by atoms with E-state index in [1.165, 1.54) is 0 Å². The number of rotatable bonds is 5. The molecule has 0 bridgehead atoms. The van der Waals surface area contributed by atoms with Crippen LogP contribution in [0.25, 0.3) is 0 Å². The molecule has 0 amide bonds. The summed E-state index contributed by atoms with van der Waals surface area (Å²) in [6, 6.07) is 10.0. The van der Waals surface area contributed by atoms with E-state index in [0.717, 1.165) is 11.1 Å². The van der Waals surface area contributed by atoms with Crippen LogP contribution in [0.4, 0.5) is 0 Å². The average molecular weight is 259 g/mol. The maximum atomic E-state index is 12.2. The summed E-state index contributed by atoms with van der Waals surface area (Å²) < 4.78 is 5.11. The first-order valence-electron chi connectivity index (χ1n) is 6.61. The molecular formula is C16H21NO2. The fraction of sp³-hybridized carbons (Fsp3) is 0.500. The number of esters is 1. The van der Waals surface area contributed by atoms with Gasteiger partial charge in [0, 0.05) is 6.42 Å². The van der Waals surface area contributed by atoms with Crippen LogP contribution in [0.2, 0.25) is 0 Å². The predicted octanol–water partition coefficient (Wildman–Crippen LogP) is 3.27. The second-order valence-electron chi connectivity index (χ2n) is 5.06. The second-order valence-corrected chi connectivity index (χ2v) is 5.06. The maximum Gasteiger partial charge on any atom is 0.327 e. The first-order chi connectivity index (χ1) is 8.97. The molecule has 1 atom stereocenters. The number of aryl methyl sites for hydroxylation is 1. The summed E-state index contributed by atoms with van der Waals surface area (Å²) in [5.41, 5.74) is 1.00. The summed E-state index contributed by atoms with van der Waals surface area (Å²) in [7, 11) is 0. The van der Waals surface area contributed by atoms with Gasteiger partial charge in [-0.05, 0) is 30.9 Å². The third-order valence-electron chi connectivity index (χ3n) is 3.56. The van der Waals surface area contributed by atoms with E-state index in [2.05, 4.69) is 6.07 Å². The zero-order valence-corrected chi connectivity index (χ0v) is 12.1. The molecule has 0 aliphatic carbocycles. The largest absolute Gasteiger partial charge is 0.465 e. The molecule has 1 aromatic rings. The summed E-state index contributed by atoms with van der Waals surface area (Å²) in [4.78, 5) is 12.2. The Hall–Kier alpha value is -1.82. The van der Waals surface area contributed by atoms with Crippen LogP contribution >= 0.6 is 0 Å².